The molecule has 1 heterocycles. The summed E-state index contributed by atoms with van der Waals surface area (Å²) in [7, 11) is 0. The first-order chi connectivity index (χ1) is 7.45. The standard InChI is InChI=1S/C13H23N3/c1-10(2)8-13(4,9-14)16-12-5-6-15-11(3)7-12/h5-7,10H,8-9,14H2,1-4H3,(H,15,16). The molecule has 1 aromatic rings. The van der Waals surface area contributed by atoms with Crippen molar-refractivity contribution in [1.82, 2.24) is 4.98 Å². The fourth-order valence-electron chi connectivity index (χ4n) is 2.06. The highest BCUT2D eigenvalue weighted by Crippen LogP contribution is 2.21. The van der Waals surface area contributed by atoms with Crippen LogP contribution in [-0.2, 0) is 0 Å². The molecule has 1 unspecified atom stereocenters. The van der Waals surface area contributed by atoms with Crippen LogP contribution in [0.25, 0.3) is 0 Å². The minimum absolute atomic E-state index is 0.0397. The van der Waals surface area contributed by atoms with Crippen molar-refractivity contribution >= 4 is 5.69 Å². The van der Waals surface area contributed by atoms with E-state index in [4.69, 9.17) is 5.73 Å². The predicted octanol–water partition coefficient (Wildman–Crippen LogP) is 2.57. The Kier molecular flexibility index (Phi) is 4.30. The molecule has 1 atom stereocenters. The van der Waals surface area contributed by atoms with Crippen LogP contribution in [0.3, 0.4) is 0 Å². The molecule has 3 nitrogen and oxygen atoms in total. The lowest BCUT2D eigenvalue weighted by Gasteiger charge is -2.32. The zero-order valence-electron chi connectivity index (χ0n) is 10.7. The fourth-order valence-corrected chi connectivity index (χ4v) is 2.06. The summed E-state index contributed by atoms with van der Waals surface area (Å²) in [5, 5.41) is 3.51. The third kappa shape index (κ3) is 3.81. The summed E-state index contributed by atoms with van der Waals surface area (Å²) in [4.78, 5) is 4.19. The van der Waals surface area contributed by atoms with E-state index in [2.05, 4.69) is 31.1 Å². The van der Waals surface area contributed by atoms with Gasteiger partial charge in [0, 0.05) is 29.7 Å². The van der Waals surface area contributed by atoms with E-state index in [1.807, 2.05) is 25.3 Å². The number of nitrogens with one attached hydrogen (secondary N) is 1. The fraction of sp³-hybridized carbons (Fsp3) is 0.615. The topological polar surface area (TPSA) is 50.9 Å². The lowest BCUT2D eigenvalue weighted by molar-refractivity contribution is 0.407. The van der Waals surface area contributed by atoms with E-state index in [9.17, 15) is 0 Å². The molecule has 3 heteroatoms. The second kappa shape index (κ2) is 5.30. The Morgan fingerprint density at radius 2 is 2.19 bits per heavy atom. The molecule has 0 radical (unpaired) electrons. The highest BCUT2D eigenvalue weighted by molar-refractivity contribution is 5.45. The summed E-state index contributed by atoms with van der Waals surface area (Å²) in [6, 6.07) is 4.04. The zero-order valence-corrected chi connectivity index (χ0v) is 10.7. The molecule has 0 saturated carbocycles. The number of nitrogens with two attached hydrogens (primary N) is 1. The molecule has 0 aliphatic heterocycles. The van der Waals surface area contributed by atoms with Crippen molar-refractivity contribution in [2.24, 2.45) is 11.7 Å². The van der Waals surface area contributed by atoms with Crippen LogP contribution in [0.5, 0.6) is 0 Å². The number of nitrogens with zero attached hydrogens (tertiary/aromatic N) is 1. The summed E-state index contributed by atoms with van der Waals surface area (Å²) in [5.74, 6) is 0.629. The van der Waals surface area contributed by atoms with Gasteiger partial charge in [-0.2, -0.15) is 0 Å². The van der Waals surface area contributed by atoms with Crippen molar-refractivity contribution in [3.8, 4) is 0 Å². The van der Waals surface area contributed by atoms with Gasteiger partial charge in [0.15, 0.2) is 0 Å². The van der Waals surface area contributed by atoms with Gasteiger partial charge >= 0.3 is 0 Å². The van der Waals surface area contributed by atoms with Crippen LogP contribution in [0.2, 0.25) is 0 Å². The zero-order chi connectivity index (χ0) is 12.2. The minimum atomic E-state index is -0.0397. The Bertz CT molecular complexity index is 336. The number of pyridine rings is 1. The smallest absolute Gasteiger partial charge is 0.0470 e. The average molecular weight is 221 g/mol. The third-order valence-corrected chi connectivity index (χ3v) is 2.65. The molecular formula is C13H23N3. The number of aryl methyl sites for hydroxylation is 1. The van der Waals surface area contributed by atoms with E-state index in [1.165, 1.54) is 0 Å². The Hall–Kier alpha value is -1.09. The molecule has 0 bridgehead atoms. The predicted molar refractivity (Wildman–Crippen MR) is 69.5 cm³/mol. The first-order valence-corrected chi connectivity index (χ1v) is 5.86. The maximum absolute atomic E-state index is 5.86. The van der Waals surface area contributed by atoms with Crippen molar-refractivity contribution in [2.75, 3.05) is 11.9 Å². The van der Waals surface area contributed by atoms with Crippen LogP contribution < -0.4 is 11.1 Å². The SMILES string of the molecule is Cc1cc(NC(C)(CN)CC(C)C)ccn1. The quantitative estimate of drug-likeness (QED) is 0.803. The molecular weight excluding hydrogens is 198 g/mol. The Morgan fingerprint density at radius 1 is 1.50 bits per heavy atom. The van der Waals surface area contributed by atoms with Crippen molar-refractivity contribution in [3.05, 3.63) is 24.0 Å². The van der Waals surface area contributed by atoms with Crippen molar-refractivity contribution < 1.29 is 0 Å². The second-order valence-corrected chi connectivity index (χ2v) is 5.17. The monoisotopic (exact) mass is 221 g/mol. The van der Waals surface area contributed by atoms with E-state index >= 15 is 0 Å². The Labute approximate surface area is 98.5 Å². The van der Waals surface area contributed by atoms with Crippen LogP contribution in [0.1, 0.15) is 32.9 Å². The lowest BCUT2D eigenvalue weighted by atomic mass is 9.90. The highest BCUT2D eigenvalue weighted by atomic mass is 15.0. The van der Waals surface area contributed by atoms with E-state index in [0.29, 0.717) is 12.5 Å². The normalized spacial score (nSPS) is 14.9. The maximum atomic E-state index is 5.86. The van der Waals surface area contributed by atoms with Crippen LogP contribution >= 0.6 is 0 Å². The van der Waals surface area contributed by atoms with Gasteiger partial charge in [-0.3, -0.25) is 4.98 Å². The van der Waals surface area contributed by atoms with Gasteiger partial charge in [-0.15, -0.1) is 0 Å². The van der Waals surface area contributed by atoms with Crippen LogP contribution in [0.15, 0.2) is 18.3 Å². The van der Waals surface area contributed by atoms with Crippen LogP contribution in [-0.4, -0.2) is 17.1 Å². The molecule has 0 amide bonds. The molecule has 0 fully saturated rings. The summed E-state index contributed by atoms with van der Waals surface area (Å²) in [6.45, 7) is 9.23. The number of hydrogen-bond acceptors (Lipinski definition) is 3. The van der Waals surface area contributed by atoms with Gasteiger partial charge in [-0.05, 0) is 38.3 Å². The maximum Gasteiger partial charge on any atom is 0.0470 e. The van der Waals surface area contributed by atoms with Gasteiger partial charge < -0.3 is 11.1 Å². The Balaban J connectivity index is 2.76. The molecule has 0 aromatic carbocycles. The molecule has 90 valence electrons. The Morgan fingerprint density at radius 3 is 2.69 bits per heavy atom. The lowest BCUT2D eigenvalue weighted by Crippen LogP contribution is -2.43. The summed E-state index contributed by atoms with van der Waals surface area (Å²) in [6.07, 6.45) is 2.88. The summed E-state index contributed by atoms with van der Waals surface area (Å²) >= 11 is 0. The highest BCUT2D eigenvalue weighted by Gasteiger charge is 2.23. The molecule has 0 aliphatic carbocycles. The van der Waals surface area contributed by atoms with Gasteiger partial charge in [0.2, 0.25) is 0 Å². The molecule has 3 N–H and O–H groups in total. The second-order valence-electron chi connectivity index (χ2n) is 5.17. The molecule has 0 aliphatic rings. The number of rotatable bonds is 5. The van der Waals surface area contributed by atoms with Gasteiger partial charge in [0.1, 0.15) is 0 Å². The number of anilines is 1. The molecule has 1 aromatic heterocycles. The van der Waals surface area contributed by atoms with Crippen molar-refractivity contribution in [1.29, 1.82) is 0 Å². The van der Waals surface area contributed by atoms with E-state index in [0.717, 1.165) is 17.8 Å². The van der Waals surface area contributed by atoms with Gasteiger partial charge in [-0.25, -0.2) is 0 Å². The minimum Gasteiger partial charge on any atom is -0.379 e. The number of aromatic nitrogens is 1. The largest absolute Gasteiger partial charge is 0.379 e. The van der Waals surface area contributed by atoms with Crippen molar-refractivity contribution in [3.63, 3.8) is 0 Å². The average Bonchev–Trinajstić information content (AvgIpc) is 2.16. The van der Waals surface area contributed by atoms with Gasteiger partial charge in [0.25, 0.3) is 0 Å². The van der Waals surface area contributed by atoms with E-state index in [1.54, 1.807) is 0 Å². The van der Waals surface area contributed by atoms with Crippen LogP contribution in [0, 0.1) is 12.8 Å². The number of hydrogen-bond donors (Lipinski definition) is 2. The summed E-state index contributed by atoms with van der Waals surface area (Å²) < 4.78 is 0. The van der Waals surface area contributed by atoms with Crippen LogP contribution in [0.4, 0.5) is 5.69 Å². The van der Waals surface area contributed by atoms with Gasteiger partial charge in [-0.1, -0.05) is 13.8 Å². The van der Waals surface area contributed by atoms with Crippen molar-refractivity contribution in [2.45, 2.75) is 39.7 Å². The molecule has 0 saturated heterocycles. The summed E-state index contributed by atoms with van der Waals surface area (Å²) in [5.41, 5.74) is 7.94. The molecule has 1 rings (SSSR count). The van der Waals surface area contributed by atoms with Gasteiger partial charge in [0.05, 0.1) is 0 Å². The van der Waals surface area contributed by atoms with E-state index < -0.39 is 0 Å². The molecule has 0 spiro atoms. The first-order valence-electron chi connectivity index (χ1n) is 5.86. The first kappa shape index (κ1) is 13.0. The third-order valence-electron chi connectivity index (χ3n) is 2.65. The molecule has 16 heavy (non-hydrogen) atoms. The van der Waals surface area contributed by atoms with E-state index in [-0.39, 0.29) is 5.54 Å².